The van der Waals surface area contributed by atoms with Crippen LogP contribution in [-0.2, 0) is 14.1 Å². The first kappa shape index (κ1) is 8.58. The van der Waals surface area contributed by atoms with Crippen LogP contribution in [0, 0.1) is 9.41 Å². The Morgan fingerprint density at radius 1 is 1.31 bits per heavy atom. The Kier molecular flexibility index (Phi) is 1.81. The fourth-order valence-corrected chi connectivity index (χ4v) is 1.74. The molecule has 0 saturated carbocycles. The van der Waals surface area contributed by atoms with E-state index in [4.69, 9.17) is 24.4 Å². The van der Waals surface area contributed by atoms with Gasteiger partial charge in [-0.15, -0.1) is 0 Å². The highest BCUT2D eigenvalue weighted by Crippen LogP contribution is 2.10. The predicted molar refractivity (Wildman–Crippen MR) is 55.7 cm³/mol. The third kappa shape index (κ3) is 1.06. The highest BCUT2D eigenvalue weighted by atomic mass is 32.1. The van der Waals surface area contributed by atoms with Gasteiger partial charge in [0.1, 0.15) is 10.2 Å². The topological polar surface area (TPSA) is 38.5 Å². The van der Waals surface area contributed by atoms with Gasteiger partial charge in [0.25, 0.3) is 0 Å². The molecule has 13 heavy (non-hydrogen) atoms. The predicted octanol–water partition coefficient (Wildman–Crippen LogP) is 1.70. The summed E-state index contributed by atoms with van der Waals surface area (Å²) in [5, 5.41) is 0. The van der Waals surface area contributed by atoms with Gasteiger partial charge >= 0.3 is 0 Å². The van der Waals surface area contributed by atoms with E-state index >= 15 is 0 Å². The van der Waals surface area contributed by atoms with Gasteiger partial charge in [-0.25, -0.2) is 4.98 Å². The average Bonchev–Trinajstić information content (AvgIpc) is 2.59. The van der Waals surface area contributed by atoms with Crippen LogP contribution in [0.3, 0.4) is 0 Å². The molecule has 0 bridgehead atoms. The molecule has 0 aliphatic heterocycles. The molecular formula is C7H8N4S2. The third-order valence-electron chi connectivity index (χ3n) is 2.03. The van der Waals surface area contributed by atoms with Gasteiger partial charge in [-0.05, 0) is 12.2 Å². The second-order valence-electron chi connectivity index (χ2n) is 2.81. The zero-order valence-corrected chi connectivity index (χ0v) is 8.87. The molecule has 0 unspecified atom stereocenters. The van der Waals surface area contributed by atoms with Gasteiger partial charge in [-0.1, -0.05) is 12.2 Å². The molecule has 0 spiro atoms. The van der Waals surface area contributed by atoms with Gasteiger partial charge < -0.3 is 14.1 Å². The highest BCUT2D eigenvalue weighted by molar-refractivity contribution is 7.72. The first-order valence-electron chi connectivity index (χ1n) is 3.72. The van der Waals surface area contributed by atoms with E-state index in [0.29, 0.717) is 9.41 Å². The number of imidazole rings is 1. The molecule has 0 aliphatic rings. The maximum absolute atomic E-state index is 5.21. The zero-order chi connectivity index (χ0) is 9.59. The average molecular weight is 212 g/mol. The summed E-state index contributed by atoms with van der Waals surface area (Å²) in [6.45, 7) is 0. The second kappa shape index (κ2) is 2.74. The van der Waals surface area contributed by atoms with Crippen LogP contribution < -0.4 is 0 Å². The van der Waals surface area contributed by atoms with Crippen molar-refractivity contribution in [1.82, 2.24) is 19.1 Å². The molecule has 2 rings (SSSR count). The van der Waals surface area contributed by atoms with E-state index < -0.39 is 0 Å². The Bertz CT molecular complexity index is 574. The molecule has 4 nitrogen and oxygen atoms in total. The zero-order valence-electron chi connectivity index (χ0n) is 7.24. The van der Waals surface area contributed by atoms with Crippen molar-refractivity contribution < 1.29 is 0 Å². The van der Waals surface area contributed by atoms with Gasteiger partial charge in [0, 0.05) is 14.1 Å². The molecule has 0 atom stereocenters. The number of nitrogens with zero attached hydrogens (tertiary/aromatic N) is 3. The van der Waals surface area contributed by atoms with Gasteiger partial charge in [0.2, 0.25) is 0 Å². The van der Waals surface area contributed by atoms with Crippen molar-refractivity contribution in [3.8, 4) is 0 Å². The minimum absolute atomic E-state index is 0.671. The molecule has 0 aromatic carbocycles. The molecule has 0 saturated heterocycles. The summed E-state index contributed by atoms with van der Waals surface area (Å²) in [4.78, 5) is 7.14. The number of hydrogen-bond donors (Lipinski definition) is 1. The van der Waals surface area contributed by atoms with E-state index in [9.17, 15) is 0 Å². The lowest BCUT2D eigenvalue weighted by Gasteiger charge is -2.05. The summed E-state index contributed by atoms with van der Waals surface area (Å²) in [6, 6.07) is 0. The van der Waals surface area contributed by atoms with E-state index in [1.54, 1.807) is 10.9 Å². The van der Waals surface area contributed by atoms with E-state index in [1.165, 1.54) is 0 Å². The Morgan fingerprint density at radius 2 is 2.00 bits per heavy atom. The highest BCUT2D eigenvalue weighted by Gasteiger charge is 2.04. The van der Waals surface area contributed by atoms with Gasteiger partial charge in [0.15, 0.2) is 10.4 Å². The molecule has 0 fully saturated rings. The molecule has 68 valence electrons. The van der Waals surface area contributed by atoms with Crippen LogP contribution in [0.1, 0.15) is 0 Å². The molecular weight excluding hydrogens is 204 g/mol. The van der Waals surface area contributed by atoms with Crippen molar-refractivity contribution in [2.24, 2.45) is 14.1 Å². The Labute approximate surface area is 84.8 Å². The molecule has 2 heterocycles. The second-order valence-corrected chi connectivity index (χ2v) is 3.56. The lowest BCUT2D eigenvalue weighted by molar-refractivity contribution is 0.755. The number of aromatic amines is 1. The summed E-state index contributed by atoms with van der Waals surface area (Å²) in [5.74, 6) is 0. The fraction of sp³-hybridized carbons (Fsp3) is 0.286. The van der Waals surface area contributed by atoms with E-state index in [2.05, 4.69) is 9.97 Å². The van der Waals surface area contributed by atoms with Crippen LogP contribution in [0.5, 0.6) is 0 Å². The number of nitrogens with one attached hydrogen (secondary N) is 1. The first-order valence-corrected chi connectivity index (χ1v) is 4.53. The minimum Gasteiger partial charge on any atom is -0.341 e. The van der Waals surface area contributed by atoms with Crippen LogP contribution >= 0.6 is 24.4 Å². The molecule has 6 heteroatoms. The summed E-state index contributed by atoms with van der Waals surface area (Å²) in [5.41, 5.74) is 1.65. The summed E-state index contributed by atoms with van der Waals surface area (Å²) in [6.07, 6.45) is 1.62. The van der Waals surface area contributed by atoms with Crippen molar-refractivity contribution in [1.29, 1.82) is 0 Å². The Hall–Kier alpha value is -1.01. The van der Waals surface area contributed by atoms with Crippen molar-refractivity contribution in [3.63, 3.8) is 0 Å². The summed E-state index contributed by atoms with van der Waals surface area (Å²) >= 11 is 10.4. The number of aromatic nitrogens is 4. The van der Waals surface area contributed by atoms with Gasteiger partial charge in [-0.2, -0.15) is 0 Å². The standard InChI is InChI=1S/C7H8N4S2/c1-10-5-4(8-3-9-5)6(12)11(2)7(10)13/h3H,1-2H3,(H,8,9). The first-order chi connectivity index (χ1) is 6.13. The number of hydrogen-bond acceptors (Lipinski definition) is 3. The maximum atomic E-state index is 5.21. The van der Waals surface area contributed by atoms with Gasteiger partial charge in [0.05, 0.1) is 6.33 Å². The molecule has 0 aliphatic carbocycles. The molecule has 2 aromatic heterocycles. The largest absolute Gasteiger partial charge is 0.341 e. The van der Waals surface area contributed by atoms with Crippen molar-refractivity contribution >= 4 is 35.6 Å². The van der Waals surface area contributed by atoms with E-state index in [0.717, 1.165) is 11.2 Å². The van der Waals surface area contributed by atoms with Crippen LogP contribution in [0.2, 0.25) is 0 Å². The summed E-state index contributed by atoms with van der Waals surface area (Å²) in [7, 11) is 3.73. The molecule has 2 aromatic rings. The lowest BCUT2D eigenvalue weighted by atomic mass is 10.5. The normalized spacial score (nSPS) is 10.9. The maximum Gasteiger partial charge on any atom is 0.182 e. The monoisotopic (exact) mass is 212 g/mol. The van der Waals surface area contributed by atoms with Crippen LogP contribution in [0.25, 0.3) is 11.2 Å². The van der Waals surface area contributed by atoms with Crippen molar-refractivity contribution in [2.75, 3.05) is 0 Å². The van der Waals surface area contributed by atoms with E-state index in [-0.39, 0.29) is 0 Å². The number of aryl methyl sites for hydroxylation is 1. The molecule has 0 amide bonds. The number of H-pyrrole nitrogens is 1. The minimum atomic E-state index is 0.671. The van der Waals surface area contributed by atoms with Crippen LogP contribution in [-0.4, -0.2) is 19.1 Å². The van der Waals surface area contributed by atoms with Crippen LogP contribution in [0.4, 0.5) is 0 Å². The Balaban J connectivity index is 3.21. The molecule has 1 N–H and O–H groups in total. The Morgan fingerprint density at radius 3 is 2.69 bits per heavy atom. The van der Waals surface area contributed by atoms with Crippen molar-refractivity contribution in [2.45, 2.75) is 0 Å². The number of rotatable bonds is 0. The van der Waals surface area contributed by atoms with E-state index in [1.807, 2.05) is 18.7 Å². The summed E-state index contributed by atoms with van der Waals surface area (Å²) < 4.78 is 4.97. The quantitative estimate of drug-likeness (QED) is 0.675. The fourth-order valence-electron chi connectivity index (χ4n) is 1.27. The smallest absolute Gasteiger partial charge is 0.182 e. The van der Waals surface area contributed by atoms with Crippen LogP contribution in [0.15, 0.2) is 6.33 Å². The third-order valence-corrected chi connectivity index (χ3v) is 3.06. The number of fused-ring (bicyclic) bond motifs is 1. The molecule has 0 radical (unpaired) electrons. The van der Waals surface area contributed by atoms with Crippen molar-refractivity contribution in [3.05, 3.63) is 15.7 Å². The van der Waals surface area contributed by atoms with Gasteiger partial charge in [-0.3, -0.25) is 0 Å². The lowest BCUT2D eigenvalue weighted by Crippen LogP contribution is -2.05. The SMILES string of the molecule is Cn1c(=S)c2[nH]cnc2n(C)c1=S.